The van der Waals surface area contributed by atoms with Crippen LogP contribution in [0.3, 0.4) is 0 Å². The molecule has 0 aromatic heterocycles. The zero-order chi connectivity index (χ0) is 12.3. The minimum atomic E-state index is -0.219. The Kier molecular flexibility index (Phi) is 3.35. The lowest BCUT2D eigenvalue weighted by molar-refractivity contribution is 0.149. The molecule has 1 aliphatic carbocycles. The van der Waals surface area contributed by atoms with E-state index in [4.69, 9.17) is 4.74 Å². The van der Waals surface area contributed by atoms with E-state index < -0.39 is 0 Å². The minimum Gasteiger partial charge on any atom is -0.497 e. The highest BCUT2D eigenvalue weighted by Gasteiger charge is 2.44. The highest BCUT2D eigenvalue weighted by molar-refractivity contribution is 5.32. The maximum atomic E-state index is 9.39. The molecule has 1 aromatic carbocycles. The molecule has 0 radical (unpaired) electrons. The summed E-state index contributed by atoms with van der Waals surface area (Å²) in [6.07, 6.45) is 3.13. The van der Waals surface area contributed by atoms with E-state index in [9.17, 15) is 5.26 Å². The van der Waals surface area contributed by atoms with Crippen LogP contribution < -0.4 is 10.1 Å². The third kappa shape index (κ3) is 2.01. The molecule has 90 valence electrons. The Morgan fingerprint density at radius 2 is 2.00 bits per heavy atom. The van der Waals surface area contributed by atoms with Crippen LogP contribution in [0, 0.1) is 16.7 Å². The third-order valence-electron chi connectivity index (χ3n) is 3.76. The molecule has 0 spiro atoms. The van der Waals surface area contributed by atoms with Crippen molar-refractivity contribution in [3.63, 3.8) is 0 Å². The normalized spacial score (nSPS) is 18.9. The predicted octanol–water partition coefficient (Wildman–Crippen LogP) is 2.65. The maximum Gasteiger partial charge on any atom is 0.118 e. The molecule has 2 rings (SSSR count). The van der Waals surface area contributed by atoms with E-state index in [1.165, 1.54) is 0 Å². The van der Waals surface area contributed by atoms with E-state index in [0.29, 0.717) is 0 Å². The van der Waals surface area contributed by atoms with Gasteiger partial charge in [-0.15, -0.1) is 0 Å². The van der Waals surface area contributed by atoms with Crippen LogP contribution in [0.5, 0.6) is 5.75 Å². The van der Waals surface area contributed by atoms with Gasteiger partial charge >= 0.3 is 0 Å². The summed E-state index contributed by atoms with van der Waals surface area (Å²) in [5.74, 6) is 0.850. The molecule has 1 aromatic rings. The van der Waals surface area contributed by atoms with Crippen molar-refractivity contribution >= 4 is 0 Å². The molecule has 0 amide bonds. The van der Waals surface area contributed by atoms with Crippen molar-refractivity contribution in [2.24, 2.45) is 5.41 Å². The van der Waals surface area contributed by atoms with Crippen molar-refractivity contribution < 1.29 is 4.74 Å². The van der Waals surface area contributed by atoms with E-state index in [1.807, 2.05) is 31.3 Å². The molecule has 3 heteroatoms. The molecule has 0 aliphatic heterocycles. The Labute approximate surface area is 102 Å². The molecule has 1 saturated carbocycles. The second kappa shape index (κ2) is 4.77. The first-order valence-electron chi connectivity index (χ1n) is 5.98. The monoisotopic (exact) mass is 230 g/mol. The Morgan fingerprint density at radius 3 is 2.35 bits per heavy atom. The second-order valence-corrected chi connectivity index (χ2v) is 4.62. The number of nitrogens with zero attached hydrogens (tertiary/aromatic N) is 1. The van der Waals surface area contributed by atoms with Gasteiger partial charge in [-0.25, -0.2) is 0 Å². The molecule has 1 fully saturated rings. The van der Waals surface area contributed by atoms with Gasteiger partial charge in [-0.05, 0) is 37.6 Å². The zero-order valence-electron chi connectivity index (χ0n) is 10.4. The number of hydrogen-bond acceptors (Lipinski definition) is 3. The van der Waals surface area contributed by atoms with Gasteiger partial charge in [-0.2, -0.15) is 5.26 Å². The summed E-state index contributed by atoms with van der Waals surface area (Å²) in [5, 5.41) is 12.7. The van der Waals surface area contributed by atoms with E-state index in [1.54, 1.807) is 7.11 Å². The van der Waals surface area contributed by atoms with Crippen LogP contribution in [0.25, 0.3) is 0 Å². The SMILES string of the molecule is CNC(c1ccc(OC)cc1)C1(C#N)CCC1. The van der Waals surface area contributed by atoms with Crippen LogP contribution in [-0.4, -0.2) is 14.2 Å². The van der Waals surface area contributed by atoms with E-state index in [-0.39, 0.29) is 11.5 Å². The number of rotatable bonds is 4. The molecule has 1 aliphatic rings. The summed E-state index contributed by atoms with van der Waals surface area (Å²) in [5.41, 5.74) is 0.943. The average Bonchev–Trinajstić information content (AvgIpc) is 2.34. The lowest BCUT2D eigenvalue weighted by Gasteiger charge is -2.42. The Bertz CT molecular complexity index is 415. The Balaban J connectivity index is 2.26. The van der Waals surface area contributed by atoms with Crippen LogP contribution in [0.15, 0.2) is 24.3 Å². The molecule has 17 heavy (non-hydrogen) atoms. The van der Waals surface area contributed by atoms with Crippen molar-refractivity contribution in [3.05, 3.63) is 29.8 Å². The highest BCUT2D eigenvalue weighted by Crippen LogP contribution is 2.49. The molecule has 3 nitrogen and oxygen atoms in total. The first-order valence-corrected chi connectivity index (χ1v) is 5.98. The first-order chi connectivity index (χ1) is 8.25. The number of nitriles is 1. The number of methoxy groups -OCH3 is 1. The molecule has 1 N–H and O–H groups in total. The summed E-state index contributed by atoms with van der Waals surface area (Å²) in [7, 11) is 3.58. The lowest BCUT2D eigenvalue weighted by atomic mass is 9.63. The first kappa shape index (κ1) is 11.9. The standard InChI is InChI=1S/C14H18N2O/c1-16-13(14(10-15)8-3-9-14)11-4-6-12(17-2)7-5-11/h4-7,13,16H,3,8-9H2,1-2H3. The van der Waals surface area contributed by atoms with Gasteiger partial charge in [0.05, 0.1) is 24.6 Å². The van der Waals surface area contributed by atoms with Crippen molar-refractivity contribution in [1.82, 2.24) is 5.32 Å². The van der Waals surface area contributed by atoms with Crippen LogP contribution in [-0.2, 0) is 0 Å². The van der Waals surface area contributed by atoms with E-state index >= 15 is 0 Å². The van der Waals surface area contributed by atoms with Gasteiger partial charge < -0.3 is 10.1 Å². The fraction of sp³-hybridized carbons (Fsp3) is 0.500. The molecule has 0 heterocycles. The molecule has 1 atom stereocenters. The zero-order valence-corrected chi connectivity index (χ0v) is 10.4. The van der Waals surface area contributed by atoms with Crippen molar-refractivity contribution in [2.45, 2.75) is 25.3 Å². The predicted molar refractivity (Wildman–Crippen MR) is 66.7 cm³/mol. The summed E-state index contributed by atoms with van der Waals surface area (Å²) in [6, 6.07) is 10.6. The number of hydrogen-bond donors (Lipinski definition) is 1. The molecule has 0 saturated heterocycles. The van der Waals surface area contributed by atoms with Crippen LogP contribution in [0.1, 0.15) is 30.9 Å². The highest BCUT2D eigenvalue weighted by atomic mass is 16.5. The van der Waals surface area contributed by atoms with Gasteiger partial charge in [-0.1, -0.05) is 18.6 Å². The average molecular weight is 230 g/mol. The second-order valence-electron chi connectivity index (χ2n) is 4.62. The van der Waals surface area contributed by atoms with E-state index in [0.717, 1.165) is 30.6 Å². The fourth-order valence-electron chi connectivity index (χ4n) is 2.58. The summed E-state index contributed by atoms with van der Waals surface area (Å²) in [4.78, 5) is 0. The van der Waals surface area contributed by atoms with Gasteiger partial charge in [0, 0.05) is 0 Å². The van der Waals surface area contributed by atoms with Gasteiger partial charge in [0.25, 0.3) is 0 Å². The number of benzene rings is 1. The smallest absolute Gasteiger partial charge is 0.118 e. The van der Waals surface area contributed by atoms with Gasteiger partial charge in [0.15, 0.2) is 0 Å². The molecule has 0 bridgehead atoms. The van der Waals surface area contributed by atoms with Crippen molar-refractivity contribution in [3.8, 4) is 11.8 Å². The van der Waals surface area contributed by atoms with Crippen LogP contribution in [0.4, 0.5) is 0 Å². The number of ether oxygens (including phenoxy) is 1. The molecule has 1 unspecified atom stereocenters. The third-order valence-corrected chi connectivity index (χ3v) is 3.76. The summed E-state index contributed by atoms with van der Waals surface area (Å²) in [6.45, 7) is 0. The van der Waals surface area contributed by atoms with Gasteiger partial charge in [-0.3, -0.25) is 0 Å². The van der Waals surface area contributed by atoms with Crippen LogP contribution in [0.2, 0.25) is 0 Å². The summed E-state index contributed by atoms with van der Waals surface area (Å²) >= 11 is 0. The van der Waals surface area contributed by atoms with Crippen molar-refractivity contribution in [1.29, 1.82) is 5.26 Å². The Hall–Kier alpha value is -1.53. The van der Waals surface area contributed by atoms with Gasteiger partial charge in [0.2, 0.25) is 0 Å². The minimum absolute atomic E-state index is 0.118. The Morgan fingerprint density at radius 1 is 1.35 bits per heavy atom. The lowest BCUT2D eigenvalue weighted by Crippen LogP contribution is -2.40. The molecular weight excluding hydrogens is 212 g/mol. The van der Waals surface area contributed by atoms with Crippen molar-refractivity contribution in [2.75, 3.05) is 14.2 Å². The van der Waals surface area contributed by atoms with Gasteiger partial charge in [0.1, 0.15) is 5.75 Å². The fourth-order valence-corrected chi connectivity index (χ4v) is 2.58. The topological polar surface area (TPSA) is 45.0 Å². The summed E-state index contributed by atoms with van der Waals surface area (Å²) < 4.78 is 5.15. The number of nitrogens with one attached hydrogen (secondary N) is 1. The molecular formula is C14H18N2O. The van der Waals surface area contributed by atoms with Crippen LogP contribution >= 0.6 is 0 Å². The maximum absolute atomic E-state index is 9.39. The largest absolute Gasteiger partial charge is 0.497 e. The van der Waals surface area contributed by atoms with E-state index in [2.05, 4.69) is 11.4 Å². The quantitative estimate of drug-likeness (QED) is 0.864.